The number of hydrogen-bond acceptors (Lipinski definition) is 2. The summed E-state index contributed by atoms with van der Waals surface area (Å²) in [6.07, 6.45) is 0.671. The molecular formula is C9H18O2. The third-order valence-corrected chi connectivity index (χ3v) is 3.11. The van der Waals surface area contributed by atoms with Gasteiger partial charge >= 0.3 is 0 Å². The monoisotopic (exact) mass is 158 g/mol. The van der Waals surface area contributed by atoms with Crippen molar-refractivity contribution < 1.29 is 9.84 Å². The van der Waals surface area contributed by atoms with Crippen LogP contribution < -0.4 is 0 Å². The second-order valence-electron chi connectivity index (χ2n) is 3.77. The number of hydrogen-bond donors (Lipinski definition) is 1. The van der Waals surface area contributed by atoms with Crippen LogP contribution in [-0.2, 0) is 4.74 Å². The Balaban J connectivity index is 2.73. The third-order valence-electron chi connectivity index (χ3n) is 3.11. The van der Waals surface area contributed by atoms with Gasteiger partial charge in [-0.05, 0) is 20.3 Å². The molecule has 4 atom stereocenters. The summed E-state index contributed by atoms with van der Waals surface area (Å²) in [6.45, 7) is 8.16. The van der Waals surface area contributed by atoms with Crippen molar-refractivity contribution in [3.63, 3.8) is 0 Å². The van der Waals surface area contributed by atoms with Gasteiger partial charge in [0.25, 0.3) is 0 Å². The quantitative estimate of drug-likeness (QED) is 0.627. The van der Waals surface area contributed by atoms with E-state index in [1.54, 1.807) is 0 Å². The smallest absolute Gasteiger partial charge is 0.0852 e. The van der Waals surface area contributed by atoms with Crippen molar-refractivity contribution in [1.29, 1.82) is 0 Å². The molecule has 0 aromatic heterocycles. The molecule has 0 aromatic rings. The molecule has 1 aliphatic heterocycles. The highest BCUT2D eigenvalue weighted by atomic mass is 16.5. The van der Waals surface area contributed by atoms with E-state index in [2.05, 4.69) is 20.8 Å². The minimum atomic E-state index is -0.292. The first kappa shape index (κ1) is 9.01. The van der Waals surface area contributed by atoms with Gasteiger partial charge in [0.1, 0.15) is 0 Å². The molecule has 66 valence electrons. The van der Waals surface area contributed by atoms with Gasteiger partial charge in [0.15, 0.2) is 0 Å². The van der Waals surface area contributed by atoms with E-state index in [1.807, 2.05) is 6.92 Å². The van der Waals surface area contributed by atoms with Crippen molar-refractivity contribution in [2.45, 2.75) is 51.9 Å². The number of rotatable bonds is 1. The lowest BCUT2D eigenvalue weighted by molar-refractivity contribution is -0.0425. The summed E-state index contributed by atoms with van der Waals surface area (Å²) >= 11 is 0. The molecule has 0 saturated carbocycles. The molecule has 1 fully saturated rings. The van der Waals surface area contributed by atoms with Crippen LogP contribution in [-0.4, -0.2) is 22.9 Å². The minimum absolute atomic E-state index is 0.00468. The summed E-state index contributed by atoms with van der Waals surface area (Å²) in [6, 6.07) is 0. The van der Waals surface area contributed by atoms with E-state index in [0.29, 0.717) is 0 Å². The third kappa shape index (κ3) is 1.30. The molecule has 1 aliphatic rings. The van der Waals surface area contributed by atoms with E-state index in [-0.39, 0.29) is 23.7 Å². The molecule has 0 aliphatic carbocycles. The van der Waals surface area contributed by atoms with Gasteiger partial charge < -0.3 is 9.84 Å². The number of aliphatic hydroxyl groups is 1. The fourth-order valence-electron chi connectivity index (χ4n) is 1.77. The Morgan fingerprint density at radius 3 is 2.18 bits per heavy atom. The van der Waals surface area contributed by atoms with Crippen molar-refractivity contribution in [2.75, 3.05) is 0 Å². The van der Waals surface area contributed by atoms with E-state index < -0.39 is 0 Å². The normalized spacial score (nSPS) is 51.5. The van der Waals surface area contributed by atoms with Gasteiger partial charge in [-0.2, -0.15) is 0 Å². The van der Waals surface area contributed by atoms with E-state index in [0.717, 1.165) is 6.42 Å². The lowest BCUT2D eigenvalue weighted by atomic mass is 9.86. The SMILES string of the molecule is CCC1(C)OC(C)C(O)C1C. The summed E-state index contributed by atoms with van der Waals surface area (Å²) in [5.74, 6) is 0.252. The summed E-state index contributed by atoms with van der Waals surface area (Å²) in [5, 5.41) is 9.61. The van der Waals surface area contributed by atoms with Crippen LogP contribution in [0.4, 0.5) is 0 Å². The molecule has 1 heterocycles. The zero-order chi connectivity index (χ0) is 8.65. The van der Waals surface area contributed by atoms with Crippen LogP contribution in [0.25, 0.3) is 0 Å². The fraction of sp³-hybridized carbons (Fsp3) is 1.00. The highest BCUT2D eigenvalue weighted by Crippen LogP contribution is 2.37. The van der Waals surface area contributed by atoms with Crippen LogP contribution in [0, 0.1) is 5.92 Å². The highest BCUT2D eigenvalue weighted by Gasteiger charge is 2.45. The zero-order valence-electron chi connectivity index (χ0n) is 7.79. The Kier molecular flexibility index (Phi) is 2.26. The largest absolute Gasteiger partial charge is 0.390 e. The van der Waals surface area contributed by atoms with Crippen molar-refractivity contribution in [1.82, 2.24) is 0 Å². The van der Waals surface area contributed by atoms with Crippen molar-refractivity contribution in [3.8, 4) is 0 Å². The summed E-state index contributed by atoms with van der Waals surface area (Å²) in [5.41, 5.74) is -0.112. The second kappa shape index (κ2) is 2.76. The lowest BCUT2D eigenvalue weighted by Gasteiger charge is -2.26. The topological polar surface area (TPSA) is 29.5 Å². The Labute approximate surface area is 68.6 Å². The number of aliphatic hydroxyl groups excluding tert-OH is 1. The van der Waals surface area contributed by atoms with Gasteiger partial charge in [-0.3, -0.25) is 0 Å². The molecule has 11 heavy (non-hydrogen) atoms. The molecule has 1 saturated heterocycles. The minimum Gasteiger partial charge on any atom is -0.390 e. The highest BCUT2D eigenvalue weighted by molar-refractivity contribution is 4.94. The molecule has 4 unspecified atom stereocenters. The second-order valence-corrected chi connectivity index (χ2v) is 3.77. The first-order valence-electron chi connectivity index (χ1n) is 4.37. The molecule has 0 radical (unpaired) electrons. The van der Waals surface area contributed by atoms with Gasteiger partial charge in [0, 0.05) is 5.92 Å². The van der Waals surface area contributed by atoms with Gasteiger partial charge in [-0.15, -0.1) is 0 Å². The van der Waals surface area contributed by atoms with E-state index >= 15 is 0 Å². The Morgan fingerprint density at radius 1 is 1.45 bits per heavy atom. The molecule has 0 bridgehead atoms. The Morgan fingerprint density at radius 2 is 2.00 bits per heavy atom. The van der Waals surface area contributed by atoms with E-state index in [1.165, 1.54) is 0 Å². The van der Waals surface area contributed by atoms with Gasteiger partial charge in [0.05, 0.1) is 17.8 Å². The summed E-state index contributed by atoms with van der Waals surface area (Å²) in [4.78, 5) is 0. The average molecular weight is 158 g/mol. The van der Waals surface area contributed by atoms with Crippen molar-refractivity contribution in [2.24, 2.45) is 5.92 Å². The van der Waals surface area contributed by atoms with Crippen LogP contribution in [0.2, 0.25) is 0 Å². The van der Waals surface area contributed by atoms with Crippen molar-refractivity contribution in [3.05, 3.63) is 0 Å². The maximum atomic E-state index is 9.61. The van der Waals surface area contributed by atoms with Crippen molar-refractivity contribution >= 4 is 0 Å². The standard InChI is InChI=1S/C9H18O2/c1-5-9(4)6(2)8(10)7(3)11-9/h6-8,10H,5H2,1-4H3. The number of ether oxygens (including phenoxy) is 1. The molecular weight excluding hydrogens is 140 g/mol. The zero-order valence-corrected chi connectivity index (χ0v) is 7.79. The van der Waals surface area contributed by atoms with Crippen LogP contribution in [0.3, 0.4) is 0 Å². The van der Waals surface area contributed by atoms with Crippen LogP contribution >= 0.6 is 0 Å². The molecule has 1 N–H and O–H groups in total. The van der Waals surface area contributed by atoms with Crippen LogP contribution in [0.5, 0.6) is 0 Å². The Bertz CT molecular complexity index is 146. The average Bonchev–Trinajstić information content (AvgIpc) is 2.17. The molecule has 1 rings (SSSR count). The molecule has 0 aromatic carbocycles. The van der Waals surface area contributed by atoms with Gasteiger partial charge in [0.2, 0.25) is 0 Å². The molecule has 2 nitrogen and oxygen atoms in total. The Hall–Kier alpha value is -0.0800. The summed E-state index contributed by atoms with van der Waals surface area (Å²) < 4.78 is 5.67. The maximum Gasteiger partial charge on any atom is 0.0852 e. The van der Waals surface area contributed by atoms with Gasteiger partial charge in [-0.25, -0.2) is 0 Å². The van der Waals surface area contributed by atoms with Crippen LogP contribution in [0.15, 0.2) is 0 Å². The first-order valence-corrected chi connectivity index (χ1v) is 4.37. The lowest BCUT2D eigenvalue weighted by Crippen LogP contribution is -2.32. The predicted molar refractivity (Wildman–Crippen MR) is 44.4 cm³/mol. The van der Waals surface area contributed by atoms with Gasteiger partial charge in [-0.1, -0.05) is 13.8 Å². The molecule has 2 heteroatoms. The maximum absolute atomic E-state index is 9.61. The molecule has 0 spiro atoms. The fourth-order valence-corrected chi connectivity index (χ4v) is 1.77. The molecule has 0 amide bonds. The van der Waals surface area contributed by atoms with Crippen LogP contribution in [0.1, 0.15) is 34.1 Å². The summed E-state index contributed by atoms with van der Waals surface area (Å²) in [7, 11) is 0. The predicted octanol–water partition coefficient (Wildman–Crippen LogP) is 1.57. The van der Waals surface area contributed by atoms with E-state index in [9.17, 15) is 5.11 Å². The van der Waals surface area contributed by atoms with E-state index in [4.69, 9.17) is 4.74 Å². The first-order chi connectivity index (χ1) is 5.01.